The van der Waals surface area contributed by atoms with Gasteiger partial charge in [0.15, 0.2) is 12.0 Å². The van der Waals surface area contributed by atoms with E-state index < -0.39 is 4.92 Å². The molecule has 1 heterocycles. The third-order valence-electron chi connectivity index (χ3n) is 7.75. The summed E-state index contributed by atoms with van der Waals surface area (Å²) in [6.45, 7) is 2.36. The third-order valence-corrected chi connectivity index (χ3v) is 7.75. The summed E-state index contributed by atoms with van der Waals surface area (Å²) in [5.41, 5.74) is 3.89. The van der Waals surface area contributed by atoms with Crippen molar-refractivity contribution in [3.63, 3.8) is 0 Å². The van der Waals surface area contributed by atoms with E-state index in [0.29, 0.717) is 12.0 Å². The molecule has 0 aromatic heterocycles. The molecule has 2 atom stereocenters. The van der Waals surface area contributed by atoms with Crippen LogP contribution < -0.4 is 4.74 Å². The van der Waals surface area contributed by atoms with Crippen LogP contribution in [0.25, 0.3) is 0 Å². The molecule has 3 aromatic carbocycles. The van der Waals surface area contributed by atoms with Crippen LogP contribution >= 0.6 is 0 Å². The van der Waals surface area contributed by atoms with Crippen LogP contribution in [-0.2, 0) is 11.4 Å². The van der Waals surface area contributed by atoms with Gasteiger partial charge in [-0.3, -0.25) is 15.0 Å². The molecule has 0 bridgehead atoms. The lowest BCUT2D eigenvalue weighted by molar-refractivity contribution is -0.385. The molecule has 1 fully saturated rings. The first-order valence-corrected chi connectivity index (χ1v) is 13.0. The number of oxime groups is 1. The predicted octanol–water partition coefficient (Wildman–Crippen LogP) is 6.53. The van der Waals surface area contributed by atoms with Crippen molar-refractivity contribution in [2.75, 3.05) is 7.05 Å². The summed E-state index contributed by atoms with van der Waals surface area (Å²) in [7, 11) is 2.12. The van der Waals surface area contributed by atoms with E-state index in [4.69, 9.17) is 9.57 Å². The zero-order valence-corrected chi connectivity index (χ0v) is 21.3. The summed E-state index contributed by atoms with van der Waals surface area (Å²) >= 11 is 0. The predicted molar refractivity (Wildman–Crippen MR) is 144 cm³/mol. The lowest BCUT2D eigenvalue weighted by Crippen LogP contribution is -2.45. The van der Waals surface area contributed by atoms with Gasteiger partial charge in [-0.1, -0.05) is 72.7 Å². The molecule has 0 saturated heterocycles. The van der Waals surface area contributed by atoms with Crippen molar-refractivity contribution >= 4 is 11.4 Å². The fraction of sp³-hybridized carbons (Fsp3) is 0.367. The van der Waals surface area contributed by atoms with Crippen LogP contribution in [-0.4, -0.2) is 34.9 Å². The Hall–Kier alpha value is -3.71. The monoisotopic (exact) mass is 499 g/mol. The number of hydrogen-bond acceptors (Lipinski definition) is 6. The van der Waals surface area contributed by atoms with Crippen LogP contribution in [0.4, 0.5) is 5.69 Å². The minimum atomic E-state index is -0.414. The highest BCUT2D eigenvalue weighted by Crippen LogP contribution is 2.37. The minimum absolute atomic E-state index is 0.0141. The SMILES string of the molecule is CC1C(c2ccc([N+](=O)[O-])c(OCc3ccccc3)c2)=NOC1N(C)C1CCC(c2ccccc2)CC1. The maximum atomic E-state index is 11.6. The number of nitrogens with zero attached hydrogens (tertiary/aromatic N) is 3. The molecule has 1 aliphatic heterocycles. The fourth-order valence-electron chi connectivity index (χ4n) is 5.59. The van der Waals surface area contributed by atoms with Crippen molar-refractivity contribution in [2.45, 2.75) is 57.4 Å². The second-order valence-electron chi connectivity index (χ2n) is 10.1. The molecule has 1 saturated carbocycles. The number of ether oxygens (including phenoxy) is 1. The van der Waals surface area contributed by atoms with Gasteiger partial charge in [-0.05, 0) is 61.9 Å². The van der Waals surface area contributed by atoms with Gasteiger partial charge in [-0.25, -0.2) is 0 Å². The first-order valence-electron chi connectivity index (χ1n) is 13.0. The maximum Gasteiger partial charge on any atom is 0.310 e. The van der Waals surface area contributed by atoms with E-state index >= 15 is 0 Å². The largest absolute Gasteiger partial charge is 0.482 e. The van der Waals surface area contributed by atoms with Crippen molar-refractivity contribution in [1.29, 1.82) is 0 Å². The van der Waals surface area contributed by atoms with Crippen LogP contribution in [0.15, 0.2) is 84.0 Å². The Bertz CT molecular complexity index is 1240. The summed E-state index contributed by atoms with van der Waals surface area (Å²) in [5.74, 6) is 0.867. The number of hydrogen-bond donors (Lipinski definition) is 0. The highest BCUT2D eigenvalue weighted by Gasteiger charge is 2.38. The highest BCUT2D eigenvalue weighted by molar-refractivity contribution is 6.03. The average Bonchev–Trinajstić information content (AvgIpc) is 3.33. The Morgan fingerprint density at radius 2 is 1.68 bits per heavy atom. The molecule has 0 radical (unpaired) electrons. The highest BCUT2D eigenvalue weighted by atomic mass is 16.7. The van der Waals surface area contributed by atoms with Crippen molar-refractivity contribution in [3.05, 3.63) is 106 Å². The first-order chi connectivity index (χ1) is 18.0. The van der Waals surface area contributed by atoms with E-state index in [1.165, 1.54) is 11.6 Å². The smallest absolute Gasteiger partial charge is 0.310 e. The van der Waals surface area contributed by atoms with Gasteiger partial charge in [-0.2, -0.15) is 0 Å². The lowest BCUT2D eigenvalue weighted by Gasteiger charge is -2.38. The van der Waals surface area contributed by atoms with E-state index in [9.17, 15) is 10.1 Å². The second-order valence-corrected chi connectivity index (χ2v) is 10.1. The maximum absolute atomic E-state index is 11.6. The number of rotatable bonds is 8. The van der Waals surface area contributed by atoms with Gasteiger partial charge in [0.25, 0.3) is 0 Å². The van der Waals surface area contributed by atoms with Crippen LogP contribution in [0.1, 0.15) is 55.2 Å². The van der Waals surface area contributed by atoms with Gasteiger partial charge in [0.2, 0.25) is 0 Å². The molecule has 2 unspecified atom stereocenters. The summed E-state index contributed by atoms with van der Waals surface area (Å²) in [4.78, 5) is 19.5. The number of nitro benzene ring substituents is 1. The summed E-state index contributed by atoms with van der Waals surface area (Å²) in [6.07, 6.45) is 4.40. The van der Waals surface area contributed by atoms with E-state index in [0.717, 1.165) is 42.5 Å². The Balaban J connectivity index is 1.25. The lowest BCUT2D eigenvalue weighted by atomic mass is 9.81. The van der Waals surface area contributed by atoms with Crippen molar-refractivity contribution in [2.24, 2.45) is 11.1 Å². The zero-order chi connectivity index (χ0) is 25.8. The molecule has 0 N–H and O–H groups in total. The molecular weight excluding hydrogens is 466 g/mol. The minimum Gasteiger partial charge on any atom is -0.482 e. The Kier molecular flexibility index (Phi) is 7.51. The molecule has 7 heteroatoms. The van der Waals surface area contributed by atoms with Gasteiger partial charge in [0.1, 0.15) is 6.61 Å². The van der Waals surface area contributed by atoms with E-state index in [1.54, 1.807) is 12.1 Å². The molecule has 0 amide bonds. The molecule has 7 nitrogen and oxygen atoms in total. The van der Waals surface area contributed by atoms with Gasteiger partial charge >= 0.3 is 5.69 Å². The second kappa shape index (κ2) is 11.1. The average molecular weight is 500 g/mol. The molecule has 192 valence electrons. The molecular formula is C30H33N3O4. The van der Waals surface area contributed by atoms with Gasteiger partial charge < -0.3 is 9.57 Å². The normalized spacial score (nSPS) is 23.4. The van der Waals surface area contributed by atoms with Crippen LogP contribution in [0, 0.1) is 16.0 Å². The van der Waals surface area contributed by atoms with E-state index in [1.807, 2.05) is 30.3 Å². The summed E-state index contributed by atoms with van der Waals surface area (Å²) < 4.78 is 5.89. The molecule has 37 heavy (non-hydrogen) atoms. The number of benzene rings is 3. The topological polar surface area (TPSA) is 77.2 Å². The van der Waals surface area contributed by atoms with Gasteiger partial charge in [0.05, 0.1) is 16.6 Å². The molecule has 5 rings (SSSR count). The molecule has 1 aliphatic carbocycles. The number of nitro groups is 1. The third kappa shape index (κ3) is 5.52. The Morgan fingerprint density at radius 1 is 1.00 bits per heavy atom. The summed E-state index contributed by atoms with van der Waals surface area (Å²) in [5, 5.41) is 16.1. The first kappa shape index (κ1) is 25.0. The van der Waals surface area contributed by atoms with Gasteiger partial charge in [0, 0.05) is 17.7 Å². The van der Waals surface area contributed by atoms with Crippen molar-refractivity contribution < 1.29 is 14.5 Å². The zero-order valence-electron chi connectivity index (χ0n) is 21.3. The van der Waals surface area contributed by atoms with E-state index in [2.05, 4.69) is 54.4 Å². The Labute approximate surface area is 217 Å². The van der Waals surface area contributed by atoms with Gasteiger partial charge in [-0.15, -0.1) is 0 Å². The summed E-state index contributed by atoms with van der Waals surface area (Å²) in [6, 6.07) is 25.8. The molecule has 3 aromatic rings. The molecule has 2 aliphatic rings. The quantitative estimate of drug-likeness (QED) is 0.260. The van der Waals surface area contributed by atoms with Crippen molar-refractivity contribution in [3.8, 4) is 5.75 Å². The standard InChI is InChI=1S/C30H33N3O4/c1-21-29(25-15-18-27(33(34)35)28(19-25)36-20-22-9-5-3-6-10-22)31-37-30(21)32(2)26-16-13-24(14-17-26)23-11-7-4-8-12-23/h3-12,15,18-19,21,24,26,30H,13-14,16-17,20H2,1-2H3. The molecule has 0 spiro atoms. The Morgan fingerprint density at radius 3 is 2.35 bits per heavy atom. The van der Waals surface area contributed by atoms with Crippen LogP contribution in [0.3, 0.4) is 0 Å². The van der Waals surface area contributed by atoms with Crippen LogP contribution in [0.5, 0.6) is 5.75 Å². The fourth-order valence-corrected chi connectivity index (χ4v) is 5.59. The van der Waals surface area contributed by atoms with E-state index in [-0.39, 0.29) is 30.2 Å². The van der Waals surface area contributed by atoms with Crippen molar-refractivity contribution in [1.82, 2.24) is 4.90 Å². The van der Waals surface area contributed by atoms with Crippen LogP contribution in [0.2, 0.25) is 0 Å².